The third-order valence-corrected chi connectivity index (χ3v) is 2.94. The molecule has 0 saturated carbocycles. The number of aromatic nitrogens is 2. The van der Waals surface area contributed by atoms with Crippen LogP contribution in [0.1, 0.15) is 10.5 Å². The van der Waals surface area contributed by atoms with Crippen LogP contribution in [-0.2, 0) is 0 Å². The van der Waals surface area contributed by atoms with E-state index >= 15 is 0 Å². The van der Waals surface area contributed by atoms with Gasteiger partial charge in [-0.3, -0.25) is 0 Å². The zero-order valence-electron chi connectivity index (χ0n) is 8.96. The van der Waals surface area contributed by atoms with E-state index in [4.69, 9.17) is 10.8 Å². The number of carbonyl (C=O) groups is 1. The molecule has 0 bridgehead atoms. The summed E-state index contributed by atoms with van der Waals surface area (Å²) in [6, 6.07) is 7.17. The molecular weight excluding hydrogens is 349 g/mol. The Morgan fingerprint density at radius 3 is 2.39 bits per heavy atom. The molecular formula is C11H8IN3O3. The molecule has 1 aromatic heterocycles. The van der Waals surface area contributed by atoms with Gasteiger partial charge in [0.1, 0.15) is 0 Å². The van der Waals surface area contributed by atoms with E-state index in [1.165, 1.54) is 0 Å². The molecule has 2 aromatic rings. The van der Waals surface area contributed by atoms with Crippen molar-refractivity contribution in [3.05, 3.63) is 33.5 Å². The lowest BCUT2D eigenvalue weighted by Gasteiger charge is -2.06. The molecule has 4 N–H and O–H groups in total. The van der Waals surface area contributed by atoms with Gasteiger partial charge in [0, 0.05) is 9.13 Å². The molecule has 0 radical (unpaired) electrons. The maximum atomic E-state index is 10.9. The third-order valence-electron chi connectivity index (χ3n) is 2.22. The average Bonchev–Trinajstić information content (AvgIpc) is 2.33. The molecule has 92 valence electrons. The number of rotatable bonds is 2. The van der Waals surface area contributed by atoms with E-state index in [1.54, 1.807) is 12.1 Å². The number of nitrogen functional groups attached to an aromatic ring is 1. The van der Waals surface area contributed by atoms with Crippen molar-refractivity contribution >= 4 is 34.4 Å². The number of aromatic carboxylic acids is 1. The van der Waals surface area contributed by atoms with Crippen molar-refractivity contribution in [2.45, 2.75) is 0 Å². The van der Waals surface area contributed by atoms with E-state index in [9.17, 15) is 9.90 Å². The van der Waals surface area contributed by atoms with Crippen LogP contribution in [0.3, 0.4) is 0 Å². The molecule has 0 amide bonds. The van der Waals surface area contributed by atoms with Crippen molar-refractivity contribution in [3.8, 4) is 17.1 Å². The van der Waals surface area contributed by atoms with Crippen LogP contribution < -0.4 is 5.73 Å². The molecule has 2 rings (SSSR count). The smallest absolute Gasteiger partial charge is 0.358 e. The third kappa shape index (κ3) is 2.35. The van der Waals surface area contributed by atoms with E-state index < -0.39 is 17.4 Å². The van der Waals surface area contributed by atoms with Crippen LogP contribution in [0.2, 0.25) is 0 Å². The first-order valence-corrected chi connectivity index (χ1v) is 5.92. The van der Waals surface area contributed by atoms with E-state index in [-0.39, 0.29) is 11.6 Å². The van der Waals surface area contributed by atoms with Crippen LogP contribution in [-0.4, -0.2) is 26.2 Å². The van der Waals surface area contributed by atoms with Crippen LogP contribution in [0.15, 0.2) is 24.3 Å². The molecule has 0 aliphatic carbocycles. The second-order valence-corrected chi connectivity index (χ2v) is 4.69. The standard InChI is InChI=1S/C11H8IN3O3/c12-6-3-1-5(2-4-6)10-14-7(11(17)18)8(16)9(13)15-10/h1-4,16H,(H,17,18)(H2,13,14,15). The van der Waals surface area contributed by atoms with E-state index in [0.29, 0.717) is 5.56 Å². The van der Waals surface area contributed by atoms with E-state index in [1.807, 2.05) is 12.1 Å². The van der Waals surface area contributed by atoms with Crippen molar-refractivity contribution in [2.24, 2.45) is 0 Å². The maximum absolute atomic E-state index is 10.9. The van der Waals surface area contributed by atoms with Gasteiger partial charge in [-0.15, -0.1) is 0 Å². The summed E-state index contributed by atoms with van der Waals surface area (Å²) in [4.78, 5) is 18.6. The number of hydrogen-bond acceptors (Lipinski definition) is 5. The maximum Gasteiger partial charge on any atom is 0.358 e. The second kappa shape index (κ2) is 4.77. The van der Waals surface area contributed by atoms with Crippen LogP contribution in [0.4, 0.5) is 5.82 Å². The molecule has 0 fully saturated rings. The molecule has 18 heavy (non-hydrogen) atoms. The number of halogens is 1. The number of nitrogens with zero attached hydrogens (tertiary/aromatic N) is 2. The molecule has 6 nitrogen and oxygen atoms in total. The average molecular weight is 357 g/mol. The first-order chi connectivity index (χ1) is 8.49. The zero-order valence-corrected chi connectivity index (χ0v) is 11.1. The van der Waals surface area contributed by atoms with Crippen molar-refractivity contribution in [1.82, 2.24) is 9.97 Å². The van der Waals surface area contributed by atoms with Crippen molar-refractivity contribution < 1.29 is 15.0 Å². The van der Waals surface area contributed by atoms with Crippen molar-refractivity contribution in [1.29, 1.82) is 0 Å². The summed E-state index contributed by atoms with van der Waals surface area (Å²) in [5.74, 6) is -2.06. The molecule has 0 saturated heterocycles. The second-order valence-electron chi connectivity index (χ2n) is 3.44. The SMILES string of the molecule is Nc1nc(-c2ccc(I)cc2)nc(C(=O)O)c1O. The fourth-order valence-corrected chi connectivity index (χ4v) is 1.71. The summed E-state index contributed by atoms with van der Waals surface area (Å²) in [5.41, 5.74) is 5.59. The van der Waals surface area contributed by atoms with E-state index in [2.05, 4.69) is 32.6 Å². The summed E-state index contributed by atoms with van der Waals surface area (Å²) in [6.45, 7) is 0. The van der Waals surface area contributed by atoms with Gasteiger partial charge < -0.3 is 15.9 Å². The number of aromatic hydroxyl groups is 1. The Morgan fingerprint density at radius 1 is 1.22 bits per heavy atom. The Bertz CT molecular complexity index is 614. The minimum absolute atomic E-state index is 0.166. The quantitative estimate of drug-likeness (QED) is 0.707. The van der Waals surface area contributed by atoms with Crippen LogP contribution in [0.5, 0.6) is 5.75 Å². The van der Waals surface area contributed by atoms with Crippen LogP contribution in [0.25, 0.3) is 11.4 Å². The van der Waals surface area contributed by atoms with Gasteiger partial charge in [-0.1, -0.05) is 12.1 Å². The Hall–Kier alpha value is -1.90. The number of carboxylic acids is 1. The molecule has 0 unspecified atom stereocenters. The predicted octanol–water partition coefficient (Wildman–Crippen LogP) is 1.73. The highest BCUT2D eigenvalue weighted by Gasteiger charge is 2.18. The number of benzene rings is 1. The Kier molecular flexibility index (Phi) is 3.32. The highest BCUT2D eigenvalue weighted by molar-refractivity contribution is 14.1. The normalized spacial score (nSPS) is 10.3. The summed E-state index contributed by atoms with van der Waals surface area (Å²) < 4.78 is 1.03. The Labute approximate surface area is 116 Å². The molecule has 0 aliphatic heterocycles. The number of hydrogen-bond donors (Lipinski definition) is 3. The van der Waals surface area contributed by atoms with Crippen LogP contribution in [0, 0.1) is 3.57 Å². The lowest BCUT2D eigenvalue weighted by molar-refractivity contribution is 0.0687. The molecule has 0 spiro atoms. The minimum atomic E-state index is -1.35. The fraction of sp³-hybridized carbons (Fsp3) is 0. The Morgan fingerprint density at radius 2 is 1.83 bits per heavy atom. The predicted molar refractivity (Wildman–Crippen MR) is 73.2 cm³/mol. The highest BCUT2D eigenvalue weighted by Crippen LogP contribution is 2.26. The Balaban J connectivity index is 2.59. The first kappa shape index (κ1) is 12.6. The minimum Gasteiger partial charge on any atom is -0.503 e. The lowest BCUT2D eigenvalue weighted by atomic mass is 10.2. The lowest BCUT2D eigenvalue weighted by Crippen LogP contribution is -2.06. The van der Waals surface area contributed by atoms with Crippen molar-refractivity contribution in [3.63, 3.8) is 0 Å². The molecule has 1 heterocycles. The topological polar surface area (TPSA) is 109 Å². The van der Waals surface area contributed by atoms with Crippen LogP contribution >= 0.6 is 22.6 Å². The van der Waals surface area contributed by atoms with Crippen molar-refractivity contribution in [2.75, 3.05) is 5.73 Å². The molecule has 0 atom stereocenters. The summed E-state index contributed by atoms with van der Waals surface area (Å²) >= 11 is 2.15. The van der Waals surface area contributed by atoms with Gasteiger partial charge in [-0.05, 0) is 34.7 Å². The van der Waals surface area contributed by atoms with Gasteiger partial charge in [0.05, 0.1) is 0 Å². The highest BCUT2D eigenvalue weighted by atomic mass is 127. The summed E-state index contributed by atoms with van der Waals surface area (Å²) in [7, 11) is 0. The summed E-state index contributed by atoms with van der Waals surface area (Å²) in [6.07, 6.45) is 0. The molecule has 0 aliphatic rings. The van der Waals surface area contributed by atoms with Gasteiger partial charge in [0.25, 0.3) is 0 Å². The van der Waals surface area contributed by atoms with E-state index in [0.717, 1.165) is 3.57 Å². The monoisotopic (exact) mass is 357 g/mol. The molecule has 1 aromatic carbocycles. The molecule has 7 heteroatoms. The summed E-state index contributed by atoms with van der Waals surface area (Å²) in [5, 5.41) is 18.3. The van der Waals surface area contributed by atoms with Gasteiger partial charge in [0.15, 0.2) is 23.1 Å². The number of nitrogens with two attached hydrogens (primary N) is 1. The van der Waals surface area contributed by atoms with Gasteiger partial charge in [0.2, 0.25) is 0 Å². The van der Waals surface area contributed by atoms with Gasteiger partial charge >= 0.3 is 5.97 Å². The largest absolute Gasteiger partial charge is 0.503 e. The van der Waals surface area contributed by atoms with Gasteiger partial charge in [-0.2, -0.15) is 0 Å². The van der Waals surface area contributed by atoms with Gasteiger partial charge in [-0.25, -0.2) is 14.8 Å². The fourth-order valence-electron chi connectivity index (χ4n) is 1.35. The number of carboxylic acid groups (broad SMARTS) is 1. The first-order valence-electron chi connectivity index (χ1n) is 4.84. The zero-order chi connectivity index (χ0) is 13.3. The number of anilines is 1.